The molecule has 150 valence electrons. The van der Waals surface area contributed by atoms with Crippen molar-refractivity contribution >= 4 is 28.1 Å². The topological polar surface area (TPSA) is 109 Å². The molecule has 0 saturated heterocycles. The van der Waals surface area contributed by atoms with Crippen LogP contribution in [0.1, 0.15) is 32.6 Å². The lowest BCUT2D eigenvalue weighted by atomic mass is 9.95. The van der Waals surface area contributed by atoms with Crippen LogP contribution < -0.4 is 16.0 Å². The lowest BCUT2D eigenvalue weighted by Gasteiger charge is -2.30. The van der Waals surface area contributed by atoms with Crippen molar-refractivity contribution in [3.05, 3.63) is 34.4 Å². The van der Waals surface area contributed by atoms with Crippen LogP contribution in [0, 0.1) is 10.1 Å². The molecule has 1 saturated carbocycles. The van der Waals surface area contributed by atoms with Gasteiger partial charge in [-0.2, -0.15) is 0 Å². The number of hydrogen-bond donors (Lipinski definition) is 3. The van der Waals surface area contributed by atoms with E-state index < -0.39 is 15.7 Å². The van der Waals surface area contributed by atoms with Crippen molar-refractivity contribution in [3.63, 3.8) is 0 Å². The van der Waals surface area contributed by atoms with Gasteiger partial charge in [0.05, 0.1) is 4.92 Å². The molecular weight excluding hydrogens is 366 g/mol. The van der Waals surface area contributed by atoms with E-state index in [9.17, 15) is 14.3 Å². The average molecular weight is 396 g/mol. The molecule has 0 aliphatic heterocycles. The van der Waals surface area contributed by atoms with Crippen LogP contribution >= 0.6 is 0 Å². The van der Waals surface area contributed by atoms with Gasteiger partial charge in [0.2, 0.25) is 0 Å². The van der Waals surface area contributed by atoms with Crippen LogP contribution in [0.15, 0.2) is 29.3 Å². The molecule has 2 rings (SSSR count). The molecule has 0 aromatic heterocycles. The highest BCUT2D eigenvalue weighted by Crippen LogP contribution is 2.23. The summed E-state index contributed by atoms with van der Waals surface area (Å²) in [5.41, 5.74) is 0.571. The third-order valence-corrected chi connectivity index (χ3v) is 6.42. The van der Waals surface area contributed by atoms with Crippen molar-refractivity contribution < 1.29 is 9.13 Å². The largest absolute Gasteiger partial charge is 0.378 e. The minimum Gasteiger partial charge on any atom is -0.378 e. The van der Waals surface area contributed by atoms with E-state index in [4.69, 9.17) is 0 Å². The first-order valence-electron chi connectivity index (χ1n) is 9.36. The normalized spacial score (nSPS) is 21.3. The second kappa shape index (κ2) is 10.9. The zero-order chi connectivity index (χ0) is 19.6. The monoisotopic (exact) mass is 395 g/mol. The highest BCUT2D eigenvalue weighted by Gasteiger charge is 2.26. The van der Waals surface area contributed by atoms with Crippen LogP contribution in [0.5, 0.6) is 0 Å². The van der Waals surface area contributed by atoms with E-state index >= 15 is 0 Å². The number of nitrogens with one attached hydrogen (secondary N) is 3. The van der Waals surface area contributed by atoms with Gasteiger partial charge in [0, 0.05) is 54.0 Å². The quantitative estimate of drug-likeness (QED) is 0.205. The molecule has 8 nitrogen and oxygen atoms in total. The molecule has 0 radical (unpaired) electrons. The summed E-state index contributed by atoms with van der Waals surface area (Å²) in [6, 6.07) is 6.87. The van der Waals surface area contributed by atoms with Gasteiger partial charge in [0.15, 0.2) is 5.96 Å². The second-order valence-corrected chi connectivity index (χ2v) is 8.50. The van der Waals surface area contributed by atoms with Gasteiger partial charge in [-0.05, 0) is 25.3 Å². The summed E-state index contributed by atoms with van der Waals surface area (Å²) in [6.45, 7) is 3.07. The number of rotatable bonds is 8. The van der Waals surface area contributed by atoms with Crippen molar-refractivity contribution in [1.82, 2.24) is 10.6 Å². The molecule has 0 heterocycles. The van der Waals surface area contributed by atoms with E-state index in [1.54, 1.807) is 25.2 Å². The van der Waals surface area contributed by atoms with Crippen molar-refractivity contribution in [3.8, 4) is 0 Å². The summed E-state index contributed by atoms with van der Waals surface area (Å²) in [5.74, 6) is 1.41. The van der Waals surface area contributed by atoms with Gasteiger partial charge in [-0.1, -0.05) is 25.5 Å². The van der Waals surface area contributed by atoms with Crippen molar-refractivity contribution in [2.45, 2.75) is 43.9 Å². The Hall–Kier alpha value is -2.16. The third-order valence-electron chi connectivity index (χ3n) is 4.68. The van der Waals surface area contributed by atoms with E-state index in [2.05, 4.69) is 20.9 Å². The van der Waals surface area contributed by atoms with Gasteiger partial charge in [0.25, 0.3) is 5.69 Å². The SMILES string of the molecule is CCS(=O)C1CCCC(NC(=NC)NCCNc2ccccc2[N+](=O)[O-])C1. The molecule has 9 heteroatoms. The number of hydrogen-bond acceptors (Lipinski definition) is 5. The van der Waals surface area contributed by atoms with Crippen LogP contribution in [0.2, 0.25) is 0 Å². The summed E-state index contributed by atoms with van der Waals surface area (Å²) in [6.07, 6.45) is 4.05. The van der Waals surface area contributed by atoms with Crippen molar-refractivity contribution in [2.75, 3.05) is 31.2 Å². The zero-order valence-corrected chi connectivity index (χ0v) is 16.8. The maximum atomic E-state index is 12.1. The molecule has 3 N–H and O–H groups in total. The number of anilines is 1. The van der Waals surface area contributed by atoms with Crippen molar-refractivity contribution in [1.29, 1.82) is 0 Å². The van der Waals surface area contributed by atoms with Crippen molar-refractivity contribution in [2.24, 2.45) is 4.99 Å². The highest BCUT2D eigenvalue weighted by atomic mass is 32.2. The number of para-hydroxylation sites is 2. The second-order valence-electron chi connectivity index (χ2n) is 6.50. The molecular formula is C18H29N5O3S. The fourth-order valence-corrected chi connectivity index (χ4v) is 4.65. The number of guanidine groups is 1. The molecule has 1 aliphatic rings. The average Bonchev–Trinajstić information content (AvgIpc) is 2.70. The molecule has 1 aromatic carbocycles. The summed E-state index contributed by atoms with van der Waals surface area (Å²) < 4.78 is 12.1. The maximum absolute atomic E-state index is 12.1. The lowest BCUT2D eigenvalue weighted by Crippen LogP contribution is -2.47. The smallest absolute Gasteiger partial charge is 0.292 e. The highest BCUT2D eigenvalue weighted by molar-refractivity contribution is 7.85. The first-order chi connectivity index (χ1) is 13.0. The van der Waals surface area contributed by atoms with Gasteiger partial charge in [-0.3, -0.25) is 19.3 Å². The molecule has 3 unspecified atom stereocenters. The Morgan fingerprint density at radius 1 is 1.33 bits per heavy atom. The Morgan fingerprint density at radius 2 is 2.11 bits per heavy atom. The van der Waals surface area contributed by atoms with E-state index in [1.807, 2.05) is 6.92 Å². The molecule has 27 heavy (non-hydrogen) atoms. The Balaban J connectivity index is 1.78. The summed E-state index contributed by atoms with van der Waals surface area (Å²) in [5, 5.41) is 21.0. The van der Waals surface area contributed by atoms with Crippen LogP contribution in [0.3, 0.4) is 0 Å². The van der Waals surface area contributed by atoms with E-state index in [0.717, 1.165) is 25.7 Å². The standard InChI is InChI=1S/C18H29N5O3S/c1-3-27(26)15-8-6-7-14(13-15)22-18(19-2)21-12-11-20-16-9-4-5-10-17(16)23(24)25/h4-5,9-10,14-15,20H,3,6-8,11-13H2,1-2H3,(H2,19,21,22). The summed E-state index contributed by atoms with van der Waals surface area (Å²) >= 11 is 0. The van der Waals surface area contributed by atoms with E-state index in [1.165, 1.54) is 6.07 Å². The van der Waals surface area contributed by atoms with Crippen LogP contribution in [-0.4, -0.2) is 52.3 Å². The summed E-state index contributed by atoms with van der Waals surface area (Å²) in [7, 11) is 0.967. The Kier molecular flexibility index (Phi) is 8.50. The Labute approximate surface area is 162 Å². The molecule has 1 aliphatic carbocycles. The fourth-order valence-electron chi connectivity index (χ4n) is 3.30. The minimum absolute atomic E-state index is 0.0668. The van der Waals surface area contributed by atoms with Gasteiger partial charge in [0.1, 0.15) is 5.69 Å². The maximum Gasteiger partial charge on any atom is 0.292 e. The number of nitro benzene ring substituents is 1. The number of nitrogens with zero attached hydrogens (tertiary/aromatic N) is 2. The summed E-state index contributed by atoms with van der Waals surface area (Å²) in [4.78, 5) is 14.9. The van der Waals surface area contributed by atoms with E-state index in [0.29, 0.717) is 30.5 Å². The van der Waals surface area contributed by atoms with E-state index in [-0.39, 0.29) is 17.0 Å². The van der Waals surface area contributed by atoms with Gasteiger partial charge in [-0.15, -0.1) is 0 Å². The molecule has 0 amide bonds. The molecule has 3 atom stereocenters. The first kappa shape index (κ1) is 21.1. The number of benzene rings is 1. The fraction of sp³-hybridized carbons (Fsp3) is 0.611. The van der Waals surface area contributed by atoms with Gasteiger partial charge >= 0.3 is 0 Å². The molecule has 1 fully saturated rings. The molecule has 0 spiro atoms. The van der Waals surface area contributed by atoms with Gasteiger partial charge < -0.3 is 16.0 Å². The predicted octanol–water partition coefficient (Wildman–Crippen LogP) is 2.25. The van der Waals surface area contributed by atoms with Crippen LogP contribution in [0.4, 0.5) is 11.4 Å². The zero-order valence-electron chi connectivity index (χ0n) is 15.9. The third kappa shape index (κ3) is 6.50. The number of nitro groups is 1. The predicted molar refractivity (Wildman–Crippen MR) is 111 cm³/mol. The first-order valence-corrected chi connectivity index (χ1v) is 10.7. The van der Waals surface area contributed by atoms with Gasteiger partial charge in [-0.25, -0.2) is 0 Å². The molecule has 0 bridgehead atoms. The Morgan fingerprint density at radius 3 is 2.81 bits per heavy atom. The van der Waals surface area contributed by atoms with Crippen LogP contribution in [-0.2, 0) is 10.8 Å². The lowest BCUT2D eigenvalue weighted by molar-refractivity contribution is -0.384. The van der Waals surface area contributed by atoms with Crippen LogP contribution in [0.25, 0.3) is 0 Å². The molecule has 1 aromatic rings. The number of aliphatic imine (C=N–C) groups is 1. The Bertz CT molecular complexity index is 683. The minimum atomic E-state index is -0.750.